The van der Waals surface area contributed by atoms with Crippen molar-refractivity contribution >= 4 is 27.3 Å². The van der Waals surface area contributed by atoms with E-state index in [0.717, 1.165) is 30.5 Å². The molecule has 2 aromatic carbocycles. The molecule has 0 aliphatic carbocycles. The maximum atomic E-state index is 13.2. The molecule has 4 rings (SSSR count). The van der Waals surface area contributed by atoms with Crippen molar-refractivity contribution in [3.63, 3.8) is 0 Å². The number of benzene rings is 2. The van der Waals surface area contributed by atoms with E-state index in [9.17, 15) is 13.2 Å². The second kappa shape index (κ2) is 11.1. The fraction of sp³-hybridized carbons (Fsp3) is 0.458. The fourth-order valence-corrected chi connectivity index (χ4v) is 5.68. The number of piperidine rings is 1. The Bertz CT molecular complexity index is 1030. The molecule has 0 radical (unpaired) electrons. The first-order valence-corrected chi connectivity index (χ1v) is 12.9. The first-order chi connectivity index (χ1) is 16.0. The largest absolute Gasteiger partial charge is 0.378 e. The molecule has 2 heterocycles. The zero-order valence-corrected chi connectivity index (χ0v) is 19.6. The van der Waals surface area contributed by atoms with Crippen LogP contribution in [0.4, 0.5) is 11.4 Å². The summed E-state index contributed by atoms with van der Waals surface area (Å²) in [6.07, 6.45) is 2.78. The van der Waals surface area contributed by atoms with Crippen molar-refractivity contribution in [1.29, 1.82) is 0 Å². The van der Waals surface area contributed by atoms with Crippen molar-refractivity contribution in [3.05, 3.63) is 54.1 Å². The molecule has 2 aliphatic heterocycles. The van der Waals surface area contributed by atoms with E-state index in [-0.39, 0.29) is 17.4 Å². The van der Waals surface area contributed by atoms with Crippen molar-refractivity contribution in [1.82, 2.24) is 4.31 Å². The Labute approximate surface area is 195 Å². The fourth-order valence-electron chi connectivity index (χ4n) is 4.13. The Kier molecular flexibility index (Phi) is 7.97. The second-order valence-electron chi connectivity index (χ2n) is 8.27. The summed E-state index contributed by atoms with van der Waals surface area (Å²) in [5, 5.41) is 2.88. The van der Waals surface area contributed by atoms with Crippen LogP contribution in [0, 0.1) is 0 Å². The van der Waals surface area contributed by atoms with Gasteiger partial charge in [-0.15, -0.1) is 0 Å². The number of carbonyl (C=O) groups is 1. The number of hydrogen-bond acceptors (Lipinski definition) is 6. The van der Waals surface area contributed by atoms with Gasteiger partial charge in [-0.1, -0.05) is 36.8 Å². The molecular formula is C24H31N3O5S. The van der Waals surface area contributed by atoms with Crippen LogP contribution in [-0.4, -0.2) is 64.6 Å². The van der Waals surface area contributed by atoms with E-state index in [1.807, 2.05) is 30.3 Å². The van der Waals surface area contributed by atoms with Gasteiger partial charge in [0.2, 0.25) is 15.9 Å². The van der Waals surface area contributed by atoms with Gasteiger partial charge in [0.05, 0.1) is 36.1 Å². The maximum Gasteiger partial charge on any atom is 0.250 e. The Morgan fingerprint density at radius 1 is 0.970 bits per heavy atom. The highest BCUT2D eigenvalue weighted by molar-refractivity contribution is 7.89. The molecule has 2 aromatic rings. The van der Waals surface area contributed by atoms with E-state index in [1.54, 1.807) is 18.2 Å². The Morgan fingerprint density at radius 2 is 1.70 bits per heavy atom. The number of morpholine rings is 1. The van der Waals surface area contributed by atoms with Crippen LogP contribution in [0.25, 0.3) is 0 Å². The van der Waals surface area contributed by atoms with Gasteiger partial charge >= 0.3 is 0 Å². The SMILES string of the molecule is O=C(COCc1ccccc1)Nc1cc(S(=O)(=O)N2CCCCC2)ccc1N1CCOCC1. The summed E-state index contributed by atoms with van der Waals surface area (Å²) in [5.74, 6) is -0.326. The van der Waals surface area contributed by atoms with Crippen LogP contribution in [-0.2, 0) is 30.9 Å². The molecule has 0 spiro atoms. The minimum atomic E-state index is -3.61. The average Bonchev–Trinajstić information content (AvgIpc) is 2.86. The summed E-state index contributed by atoms with van der Waals surface area (Å²) in [6, 6.07) is 14.6. The van der Waals surface area contributed by atoms with Crippen LogP contribution in [0.2, 0.25) is 0 Å². The lowest BCUT2D eigenvalue weighted by molar-refractivity contribution is -0.121. The third-order valence-electron chi connectivity index (χ3n) is 5.89. The van der Waals surface area contributed by atoms with Crippen LogP contribution < -0.4 is 10.2 Å². The standard InChI is InChI=1S/C24H31N3O5S/c28-24(19-32-18-20-7-3-1-4-8-20)25-22-17-21(33(29,30)27-11-5-2-6-12-27)9-10-23(22)26-13-15-31-16-14-26/h1,3-4,7-10,17H,2,5-6,11-16,18-19H2,(H,25,28). The Balaban J connectivity index is 1.51. The van der Waals surface area contributed by atoms with Gasteiger partial charge in [0.15, 0.2) is 0 Å². The minimum absolute atomic E-state index is 0.124. The monoisotopic (exact) mass is 473 g/mol. The summed E-state index contributed by atoms with van der Waals surface area (Å²) >= 11 is 0. The predicted octanol–water partition coefficient (Wildman–Crippen LogP) is 2.85. The lowest BCUT2D eigenvalue weighted by Gasteiger charge is -2.31. The number of sulfonamides is 1. The average molecular weight is 474 g/mol. The van der Waals surface area contributed by atoms with Gasteiger partial charge in [0.1, 0.15) is 6.61 Å². The first kappa shape index (κ1) is 23.7. The quantitative estimate of drug-likeness (QED) is 0.634. The van der Waals surface area contributed by atoms with E-state index in [2.05, 4.69) is 10.2 Å². The highest BCUT2D eigenvalue weighted by Crippen LogP contribution is 2.31. The molecule has 0 unspecified atom stereocenters. The molecular weight excluding hydrogens is 442 g/mol. The molecule has 2 fully saturated rings. The lowest BCUT2D eigenvalue weighted by Crippen LogP contribution is -2.37. The molecule has 1 amide bonds. The van der Waals surface area contributed by atoms with Crippen LogP contribution in [0.5, 0.6) is 0 Å². The second-order valence-corrected chi connectivity index (χ2v) is 10.2. The number of hydrogen-bond donors (Lipinski definition) is 1. The minimum Gasteiger partial charge on any atom is -0.378 e. The summed E-state index contributed by atoms with van der Waals surface area (Å²) in [6.45, 7) is 3.78. The number of rotatable bonds is 8. The van der Waals surface area contributed by atoms with E-state index in [4.69, 9.17) is 9.47 Å². The van der Waals surface area contributed by atoms with Crippen molar-refractivity contribution < 1.29 is 22.7 Å². The molecule has 1 N–H and O–H groups in total. The molecule has 33 heavy (non-hydrogen) atoms. The van der Waals surface area contributed by atoms with Crippen molar-refractivity contribution in [2.45, 2.75) is 30.8 Å². The van der Waals surface area contributed by atoms with E-state index < -0.39 is 10.0 Å². The number of nitrogens with zero attached hydrogens (tertiary/aromatic N) is 2. The van der Waals surface area contributed by atoms with Crippen molar-refractivity contribution in [2.75, 3.05) is 56.2 Å². The maximum absolute atomic E-state index is 13.2. The van der Waals surface area contributed by atoms with Crippen molar-refractivity contribution in [2.24, 2.45) is 0 Å². The van der Waals surface area contributed by atoms with Gasteiger partial charge in [-0.25, -0.2) is 8.42 Å². The van der Waals surface area contributed by atoms with E-state index >= 15 is 0 Å². The molecule has 0 atom stereocenters. The molecule has 2 aliphatic rings. The van der Waals surface area contributed by atoms with Crippen molar-refractivity contribution in [3.8, 4) is 0 Å². The number of anilines is 2. The summed E-state index contributed by atoms with van der Waals surface area (Å²) < 4.78 is 38.9. The number of ether oxygens (including phenoxy) is 2. The van der Waals surface area contributed by atoms with Gasteiger partial charge in [0.25, 0.3) is 0 Å². The molecule has 0 saturated carbocycles. The van der Waals surface area contributed by atoms with Crippen LogP contribution >= 0.6 is 0 Å². The molecule has 0 aromatic heterocycles. The van der Waals surface area contributed by atoms with E-state index in [1.165, 1.54) is 4.31 Å². The van der Waals surface area contributed by atoms with Gasteiger partial charge in [-0.3, -0.25) is 4.79 Å². The summed E-state index contributed by atoms with van der Waals surface area (Å²) in [5.41, 5.74) is 2.24. The smallest absolute Gasteiger partial charge is 0.250 e. The molecule has 9 heteroatoms. The first-order valence-electron chi connectivity index (χ1n) is 11.4. The molecule has 8 nitrogen and oxygen atoms in total. The number of amides is 1. The zero-order chi connectivity index (χ0) is 23.1. The van der Waals surface area contributed by atoms with Crippen LogP contribution in [0.1, 0.15) is 24.8 Å². The normalized spacial score (nSPS) is 17.6. The number of carbonyl (C=O) groups excluding carboxylic acids is 1. The summed E-state index contributed by atoms with van der Waals surface area (Å²) in [7, 11) is -3.61. The zero-order valence-electron chi connectivity index (χ0n) is 18.7. The van der Waals surface area contributed by atoms with Crippen LogP contribution in [0.3, 0.4) is 0 Å². The van der Waals surface area contributed by atoms with E-state index in [0.29, 0.717) is 51.7 Å². The molecule has 2 saturated heterocycles. The Morgan fingerprint density at radius 3 is 2.42 bits per heavy atom. The van der Waals surface area contributed by atoms with Crippen LogP contribution in [0.15, 0.2) is 53.4 Å². The highest BCUT2D eigenvalue weighted by Gasteiger charge is 2.27. The van der Waals surface area contributed by atoms with Gasteiger partial charge in [-0.2, -0.15) is 4.31 Å². The van der Waals surface area contributed by atoms with Gasteiger partial charge in [0, 0.05) is 26.2 Å². The lowest BCUT2D eigenvalue weighted by atomic mass is 10.2. The topological polar surface area (TPSA) is 88.2 Å². The third kappa shape index (κ3) is 6.11. The molecule has 0 bridgehead atoms. The van der Waals surface area contributed by atoms with Gasteiger partial charge < -0.3 is 19.7 Å². The predicted molar refractivity (Wildman–Crippen MR) is 127 cm³/mol. The van der Waals surface area contributed by atoms with Gasteiger partial charge in [-0.05, 0) is 36.6 Å². The molecule has 178 valence electrons. The summed E-state index contributed by atoms with van der Waals surface area (Å²) in [4.78, 5) is 15.0. The third-order valence-corrected chi connectivity index (χ3v) is 7.79. The Hall–Kier alpha value is -2.46. The number of nitrogens with one attached hydrogen (secondary N) is 1. The highest BCUT2D eigenvalue weighted by atomic mass is 32.2.